The molecule has 1 unspecified atom stereocenters. The van der Waals surface area contributed by atoms with Gasteiger partial charge in [-0.15, -0.1) is 11.3 Å². The third-order valence-electron chi connectivity index (χ3n) is 3.32. The van der Waals surface area contributed by atoms with Crippen molar-refractivity contribution in [1.82, 2.24) is 10.3 Å². The molecule has 20 heavy (non-hydrogen) atoms. The molecule has 2 aromatic rings. The van der Waals surface area contributed by atoms with Crippen LogP contribution in [0.3, 0.4) is 0 Å². The van der Waals surface area contributed by atoms with Crippen LogP contribution in [0.2, 0.25) is 0 Å². The second-order valence-electron chi connectivity index (χ2n) is 4.84. The van der Waals surface area contributed by atoms with Crippen molar-refractivity contribution >= 4 is 17.2 Å². The highest BCUT2D eigenvalue weighted by Crippen LogP contribution is 2.27. The largest absolute Gasteiger partial charge is 0.462 e. The lowest BCUT2D eigenvalue weighted by atomic mass is 10.1. The van der Waals surface area contributed by atoms with Gasteiger partial charge in [0.2, 0.25) is 0 Å². The number of furan rings is 1. The van der Waals surface area contributed by atoms with E-state index < -0.39 is 0 Å². The third kappa shape index (κ3) is 2.76. The number of rotatable bonds is 4. The van der Waals surface area contributed by atoms with E-state index in [-0.39, 0.29) is 5.91 Å². The first-order valence-electron chi connectivity index (χ1n) is 6.61. The van der Waals surface area contributed by atoms with Crippen LogP contribution in [0, 0.1) is 12.8 Å². The molecular formula is C14H16N2O3S. The van der Waals surface area contributed by atoms with Crippen LogP contribution < -0.4 is 5.32 Å². The van der Waals surface area contributed by atoms with Crippen molar-refractivity contribution in [2.24, 2.45) is 5.92 Å². The van der Waals surface area contributed by atoms with Crippen LogP contribution in [-0.2, 0) is 4.74 Å². The number of nitrogens with zero attached hydrogens (tertiary/aromatic N) is 1. The molecule has 0 radical (unpaired) electrons. The van der Waals surface area contributed by atoms with E-state index in [9.17, 15) is 4.79 Å². The predicted octanol–water partition coefficient (Wildman–Crippen LogP) is 2.48. The summed E-state index contributed by atoms with van der Waals surface area (Å²) in [6.07, 6.45) is 2.61. The zero-order chi connectivity index (χ0) is 13.9. The maximum absolute atomic E-state index is 12.2. The maximum Gasteiger partial charge on any atom is 0.271 e. The van der Waals surface area contributed by atoms with Gasteiger partial charge in [0.1, 0.15) is 5.69 Å². The topological polar surface area (TPSA) is 64.4 Å². The SMILES string of the molecule is Cc1sc(-c2ccco2)nc1C(=O)NCC1CCOC1. The third-order valence-corrected chi connectivity index (χ3v) is 4.30. The van der Waals surface area contributed by atoms with Gasteiger partial charge >= 0.3 is 0 Å². The van der Waals surface area contributed by atoms with E-state index in [0.29, 0.717) is 23.9 Å². The zero-order valence-electron chi connectivity index (χ0n) is 11.2. The van der Waals surface area contributed by atoms with E-state index in [1.807, 2.05) is 19.1 Å². The fourth-order valence-electron chi connectivity index (χ4n) is 2.18. The van der Waals surface area contributed by atoms with E-state index in [0.717, 1.165) is 29.5 Å². The normalized spacial score (nSPS) is 18.4. The monoisotopic (exact) mass is 292 g/mol. The van der Waals surface area contributed by atoms with Crippen LogP contribution in [0.25, 0.3) is 10.8 Å². The lowest BCUT2D eigenvalue weighted by Crippen LogP contribution is -2.30. The quantitative estimate of drug-likeness (QED) is 0.940. The lowest BCUT2D eigenvalue weighted by molar-refractivity contribution is 0.0940. The van der Waals surface area contributed by atoms with E-state index in [4.69, 9.17) is 9.15 Å². The molecule has 0 aliphatic carbocycles. The van der Waals surface area contributed by atoms with Gasteiger partial charge in [-0.3, -0.25) is 4.79 Å². The van der Waals surface area contributed by atoms with Crippen LogP contribution in [0.1, 0.15) is 21.8 Å². The first kappa shape index (κ1) is 13.3. The molecule has 1 fully saturated rings. The number of amides is 1. The Labute approximate surface area is 121 Å². The van der Waals surface area contributed by atoms with Gasteiger partial charge in [-0.05, 0) is 25.5 Å². The van der Waals surface area contributed by atoms with Crippen molar-refractivity contribution in [2.75, 3.05) is 19.8 Å². The van der Waals surface area contributed by atoms with Crippen molar-refractivity contribution in [3.8, 4) is 10.8 Å². The van der Waals surface area contributed by atoms with E-state index in [1.165, 1.54) is 11.3 Å². The van der Waals surface area contributed by atoms with Crippen molar-refractivity contribution in [1.29, 1.82) is 0 Å². The van der Waals surface area contributed by atoms with Gasteiger partial charge in [0.05, 0.1) is 12.9 Å². The molecule has 0 saturated carbocycles. The zero-order valence-corrected chi connectivity index (χ0v) is 12.0. The number of thiazole rings is 1. The van der Waals surface area contributed by atoms with Gasteiger partial charge in [-0.2, -0.15) is 0 Å². The Bertz CT molecular complexity index is 586. The molecule has 1 atom stereocenters. The van der Waals surface area contributed by atoms with Gasteiger partial charge in [-0.1, -0.05) is 0 Å². The van der Waals surface area contributed by atoms with Crippen molar-refractivity contribution in [2.45, 2.75) is 13.3 Å². The van der Waals surface area contributed by atoms with Crippen LogP contribution in [-0.4, -0.2) is 30.6 Å². The van der Waals surface area contributed by atoms with Crippen molar-refractivity contribution in [3.63, 3.8) is 0 Å². The minimum Gasteiger partial charge on any atom is -0.462 e. The molecule has 1 aliphatic heterocycles. The average molecular weight is 292 g/mol. The Hall–Kier alpha value is -1.66. The van der Waals surface area contributed by atoms with Gasteiger partial charge in [0.15, 0.2) is 10.8 Å². The Balaban J connectivity index is 1.68. The van der Waals surface area contributed by atoms with Crippen LogP contribution in [0.5, 0.6) is 0 Å². The predicted molar refractivity (Wildman–Crippen MR) is 75.8 cm³/mol. The summed E-state index contributed by atoms with van der Waals surface area (Å²) in [6.45, 7) is 4.07. The minimum absolute atomic E-state index is 0.122. The Morgan fingerprint density at radius 2 is 2.50 bits per heavy atom. The first-order chi connectivity index (χ1) is 9.74. The minimum atomic E-state index is -0.122. The molecule has 1 N–H and O–H groups in total. The summed E-state index contributed by atoms with van der Waals surface area (Å²) in [7, 11) is 0. The number of carbonyl (C=O) groups excluding carboxylic acids is 1. The summed E-state index contributed by atoms with van der Waals surface area (Å²) < 4.78 is 10.6. The molecule has 2 aromatic heterocycles. The standard InChI is InChI=1S/C14H16N2O3S/c1-9-12(13(17)15-7-10-4-6-18-8-10)16-14(20-9)11-3-2-5-19-11/h2-3,5,10H,4,6-8H2,1H3,(H,15,17). The Morgan fingerprint density at radius 1 is 1.60 bits per heavy atom. The molecule has 1 amide bonds. The molecular weight excluding hydrogens is 276 g/mol. The van der Waals surface area contributed by atoms with Crippen LogP contribution in [0.15, 0.2) is 22.8 Å². The number of hydrogen-bond donors (Lipinski definition) is 1. The Morgan fingerprint density at radius 3 is 3.20 bits per heavy atom. The molecule has 0 bridgehead atoms. The van der Waals surface area contributed by atoms with Crippen LogP contribution >= 0.6 is 11.3 Å². The number of ether oxygens (including phenoxy) is 1. The molecule has 3 heterocycles. The molecule has 0 aromatic carbocycles. The lowest BCUT2D eigenvalue weighted by Gasteiger charge is -2.08. The molecule has 6 heteroatoms. The smallest absolute Gasteiger partial charge is 0.271 e. The molecule has 3 rings (SSSR count). The number of hydrogen-bond acceptors (Lipinski definition) is 5. The first-order valence-corrected chi connectivity index (χ1v) is 7.43. The maximum atomic E-state index is 12.2. The fraction of sp³-hybridized carbons (Fsp3) is 0.429. The van der Waals surface area contributed by atoms with Gasteiger partial charge < -0.3 is 14.5 Å². The summed E-state index contributed by atoms with van der Waals surface area (Å²) in [5.74, 6) is 0.993. The van der Waals surface area contributed by atoms with Gasteiger partial charge in [-0.25, -0.2) is 4.98 Å². The molecule has 1 aliphatic rings. The highest BCUT2D eigenvalue weighted by molar-refractivity contribution is 7.15. The van der Waals surface area contributed by atoms with E-state index in [2.05, 4.69) is 10.3 Å². The average Bonchev–Trinajstić information content (AvgIpc) is 3.17. The molecule has 1 saturated heterocycles. The molecule has 5 nitrogen and oxygen atoms in total. The number of aryl methyl sites for hydroxylation is 1. The summed E-state index contributed by atoms with van der Waals surface area (Å²) in [6, 6.07) is 3.65. The highest BCUT2D eigenvalue weighted by Gasteiger charge is 2.20. The highest BCUT2D eigenvalue weighted by atomic mass is 32.1. The summed E-state index contributed by atoms with van der Waals surface area (Å²) in [5, 5.41) is 3.67. The summed E-state index contributed by atoms with van der Waals surface area (Å²) in [4.78, 5) is 17.4. The molecule has 0 spiro atoms. The van der Waals surface area contributed by atoms with E-state index in [1.54, 1.807) is 6.26 Å². The summed E-state index contributed by atoms with van der Waals surface area (Å²) in [5.41, 5.74) is 0.486. The van der Waals surface area contributed by atoms with Crippen molar-refractivity contribution < 1.29 is 13.9 Å². The second-order valence-corrected chi connectivity index (χ2v) is 6.04. The Kier molecular flexibility index (Phi) is 3.84. The number of nitrogens with one attached hydrogen (secondary N) is 1. The van der Waals surface area contributed by atoms with Gasteiger partial charge in [0, 0.05) is 23.9 Å². The van der Waals surface area contributed by atoms with Gasteiger partial charge in [0.25, 0.3) is 5.91 Å². The molecule has 106 valence electrons. The van der Waals surface area contributed by atoms with Crippen molar-refractivity contribution in [3.05, 3.63) is 29.0 Å². The second kappa shape index (κ2) is 5.76. The fourth-order valence-corrected chi connectivity index (χ4v) is 3.06. The summed E-state index contributed by atoms with van der Waals surface area (Å²) >= 11 is 1.47. The van der Waals surface area contributed by atoms with E-state index >= 15 is 0 Å². The van der Waals surface area contributed by atoms with Crippen LogP contribution in [0.4, 0.5) is 0 Å². The number of carbonyl (C=O) groups is 1. The number of aromatic nitrogens is 1.